The van der Waals surface area contributed by atoms with Gasteiger partial charge in [0.05, 0.1) is 12.1 Å². The van der Waals surface area contributed by atoms with Crippen molar-refractivity contribution in [3.63, 3.8) is 0 Å². The highest BCUT2D eigenvalue weighted by Gasteiger charge is 2.09. The minimum Gasteiger partial charge on any atom is -0.326 e. The molecule has 0 aliphatic heterocycles. The van der Waals surface area contributed by atoms with E-state index in [1.54, 1.807) is 22.7 Å². The second-order valence-corrected chi connectivity index (χ2v) is 6.39. The minimum atomic E-state index is -0.0391. The largest absolute Gasteiger partial charge is 0.326 e. The van der Waals surface area contributed by atoms with Crippen LogP contribution in [-0.4, -0.2) is 10.9 Å². The molecule has 3 nitrogen and oxygen atoms in total. The molecule has 0 aliphatic carbocycles. The number of hydrogen-bond acceptors (Lipinski definition) is 4. The molecule has 0 aliphatic rings. The number of aryl methyl sites for hydroxylation is 1. The number of aromatic nitrogens is 1. The summed E-state index contributed by atoms with van der Waals surface area (Å²) in [5.74, 6) is -0.0391. The second kappa shape index (κ2) is 6.20. The average molecular weight is 314 g/mol. The fraction of sp³-hybridized carbons (Fsp3) is 0.125. The van der Waals surface area contributed by atoms with E-state index in [2.05, 4.69) is 15.7 Å². The Morgan fingerprint density at radius 2 is 2.19 bits per heavy atom. The summed E-state index contributed by atoms with van der Waals surface area (Å²) < 4.78 is 0. The van der Waals surface area contributed by atoms with Gasteiger partial charge in [-0.3, -0.25) is 4.79 Å². The Morgan fingerprint density at radius 1 is 1.29 bits per heavy atom. The number of carbonyl (C=O) groups is 1. The normalized spacial score (nSPS) is 10.5. The number of thiazole rings is 1. The van der Waals surface area contributed by atoms with Crippen molar-refractivity contribution in [1.82, 2.24) is 4.98 Å². The molecule has 3 rings (SSSR count). The van der Waals surface area contributed by atoms with Crippen LogP contribution in [0.1, 0.15) is 11.3 Å². The maximum Gasteiger partial charge on any atom is 0.230 e. The number of rotatable bonds is 4. The van der Waals surface area contributed by atoms with Crippen molar-refractivity contribution in [3.8, 4) is 10.6 Å². The molecule has 0 saturated carbocycles. The molecule has 0 spiro atoms. The zero-order valence-corrected chi connectivity index (χ0v) is 13.1. The van der Waals surface area contributed by atoms with Gasteiger partial charge in [-0.25, -0.2) is 4.98 Å². The molecule has 0 atom stereocenters. The van der Waals surface area contributed by atoms with Gasteiger partial charge in [-0.2, -0.15) is 11.3 Å². The van der Waals surface area contributed by atoms with Crippen molar-refractivity contribution >= 4 is 34.3 Å². The molecular formula is C16H14N2OS2. The number of thiophene rings is 1. The molecule has 2 heterocycles. The van der Waals surface area contributed by atoms with Crippen LogP contribution in [-0.2, 0) is 11.2 Å². The number of nitrogens with zero attached hydrogens (tertiary/aromatic N) is 1. The Morgan fingerprint density at radius 3 is 2.95 bits per heavy atom. The first-order valence-corrected chi connectivity index (χ1v) is 8.36. The summed E-state index contributed by atoms with van der Waals surface area (Å²) in [6.45, 7) is 2.00. The van der Waals surface area contributed by atoms with Gasteiger partial charge >= 0.3 is 0 Å². The molecule has 0 unspecified atom stereocenters. The van der Waals surface area contributed by atoms with Gasteiger partial charge in [0.2, 0.25) is 5.91 Å². The second-order valence-electron chi connectivity index (χ2n) is 4.75. The van der Waals surface area contributed by atoms with Gasteiger partial charge in [0.25, 0.3) is 0 Å². The molecule has 3 aromatic rings. The van der Waals surface area contributed by atoms with Crippen molar-refractivity contribution in [3.05, 3.63) is 57.7 Å². The Labute approximate surface area is 131 Å². The quantitative estimate of drug-likeness (QED) is 0.777. The molecule has 0 fully saturated rings. The van der Waals surface area contributed by atoms with Gasteiger partial charge in [-0.15, -0.1) is 11.3 Å². The molecule has 5 heteroatoms. The van der Waals surface area contributed by atoms with E-state index in [-0.39, 0.29) is 5.91 Å². The van der Waals surface area contributed by atoms with Crippen LogP contribution in [0, 0.1) is 6.92 Å². The summed E-state index contributed by atoms with van der Waals surface area (Å²) in [7, 11) is 0. The van der Waals surface area contributed by atoms with Crippen LogP contribution in [0.2, 0.25) is 0 Å². The van der Waals surface area contributed by atoms with Crippen molar-refractivity contribution in [2.75, 3.05) is 5.32 Å². The molecule has 0 saturated heterocycles. The van der Waals surface area contributed by atoms with Crippen molar-refractivity contribution < 1.29 is 4.79 Å². The third kappa shape index (κ3) is 3.56. The van der Waals surface area contributed by atoms with E-state index in [0.29, 0.717) is 6.42 Å². The third-order valence-electron chi connectivity index (χ3n) is 2.96. The van der Waals surface area contributed by atoms with Crippen LogP contribution in [0.5, 0.6) is 0 Å². The zero-order valence-electron chi connectivity index (χ0n) is 11.5. The zero-order chi connectivity index (χ0) is 14.7. The monoisotopic (exact) mass is 314 g/mol. The Hall–Kier alpha value is -1.98. The molecule has 2 aromatic heterocycles. The summed E-state index contributed by atoms with van der Waals surface area (Å²) in [6.07, 6.45) is 0.300. The number of hydrogen-bond donors (Lipinski definition) is 1. The van der Waals surface area contributed by atoms with E-state index >= 15 is 0 Å². The first kappa shape index (κ1) is 14.0. The van der Waals surface area contributed by atoms with Crippen molar-refractivity contribution in [2.45, 2.75) is 13.3 Å². The van der Waals surface area contributed by atoms with Gasteiger partial charge in [0.15, 0.2) is 0 Å². The Balaban J connectivity index is 1.65. The predicted molar refractivity (Wildman–Crippen MR) is 88.9 cm³/mol. The molecule has 1 N–H and O–H groups in total. The van der Waals surface area contributed by atoms with Crippen LogP contribution in [0.15, 0.2) is 46.5 Å². The molecular weight excluding hydrogens is 300 g/mol. The average Bonchev–Trinajstić information content (AvgIpc) is 3.08. The first-order valence-electron chi connectivity index (χ1n) is 6.54. The van der Waals surface area contributed by atoms with Crippen LogP contribution in [0.4, 0.5) is 5.69 Å². The van der Waals surface area contributed by atoms with Crippen LogP contribution in [0.25, 0.3) is 10.6 Å². The highest BCUT2D eigenvalue weighted by atomic mass is 32.1. The van der Waals surface area contributed by atoms with E-state index in [9.17, 15) is 4.79 Å². The molecule has 0 radical (unpaired) electrons. The molecule has 1 amide bonds. The van der Waals surface area contributed by atoms with Crippen LogP contribution in [0.3, 0.4) is 0 Å². The van der Waals surface area contributed by atoms with Gasteiger partial charge in [-0.05, 0) is 36.1 Å². The maximum atomic E-state index is 12.0. The minimum absolute atomic E-state index is 0.0391. The standard InChI is InChI=1S/C16H14N2OS2/c1-11-3-2-4-13(7-11)17-15(19)8-14-10-21-16(18-14)12-5-6-20-9-12/h2-7,9-10H,8H2,1H3,(H,17,19). The SMILES string of the molecule is Cc1cccc(NC(=O)Cc2csc(-c3ccsc3)n2)c1. The number of anilines is 1. The first-order chi connectivity index (χ1) is 10.2. The highest BCUT2D eigenvalue weighted by Crippen LogP contribution is 2.25. The number of benzene rings is 1. The fourth-order valence-electron chi connectivity index (χ4n) is 2.00. The summed E-state index contributed by atoms with van der Waals surface area (Å²) in [5, 5.41) is 9.91. The lowest BCUT2D eigenvalue weighted by molar-refractivity contribution is -0.115. The lowest BCUT2D eigenvalue weighted by atomic mass is 10.2. The topological polar surface area (TPSA) is 42.0 Å². The van der Waals surface area contributed by atoms with Gasteiger partial charge in [0, 0.05) is 22.0 Å². The molecule has 106 valence electrons. The van der Waals surface area contributed by atoms with E-state index in [1.165, 1.54) is 0 Å². The molecule has 1 aromatic carbocycles. The van der Waals surface area contributed by atoms with E-state index < -0.39 is 0 Å². The van der Waals surface area contributed by atoms with Crippen LogP contribution < -0.4 is 5.32 Å². The predicted octanol–water partition coefficient (Wildman–Crippen LogP) is 4.36. The van der Waals surface area contributed by atoms with Gasteiger partial charge < -0.3 is 5.32 Å². The highest BCUT2D eigenvalue weighted by molar-refractivity contribution is 7.14. The van der Waals surface area contributed by atoms with Crippen molar-refractivity contribution in [2.24, 2.45) is 0 Å². The fourth-order valence-corrected chi connectivity index (χ4v) is 3.53. The number of amides is 1. The smallest absolute Gasteiger partial charge is 0.230 e. The summed E-state index contributed by atoms with van der Waals surface area (Å²) >= 11 is 3.22. The summed E-state index contributed by atoms with van der Waals surface area (Å²) in [6, 6.07) is 9.82. The number of nitrogens with one attached hydrogen (secondary N) is 1. The van der Waals surface area contributed by atoms with Crippen molar-refractivity contribution in [1.29, 1.82) is 0 Å². The van der Waals surface area contributed by atoms with E-state index in [4.69, 9.17) is 0 Å². The third-order valence-corrected chi connectivity index (χ3v) is 4.59. The van der Waals surface area contributed by atoms with E-state index in [1.807, 2.05) is 48.0 Å². The maximum absolute atomic E-state index is 12.0. The van der Waals surface area contributed by atoms with Gasteiger partial charge in [0.1, 0.15) is 5.01 Å². The number of carbonyl (C=O) groups excluding carboxylic acids is 1. The summed E-state index contributed by atoms with van der Waals surface area (Å²) in [5.41, 5.74) is 3.89. The Kier molecular flexibility index (Phi) is 4.13. The lowest BCUT2D eigenvalue weighted by Crippen LogP contribution is -2.14. The summed E-state index contributed by atoms with van der Waals surface area (Å²) in [4.78, 5) is 16.6. The van der Waals surface area contributed by atoms with Crippen LogP contribution >= 0.6 is 22.7 Å². The Bertz CT molecular complexity index is 747. The lowest BCUT2D eigenvalue weighted by Gasteiger charge is -2.04. The van der Waals surface area contributed by atoms with Gasteiger partial charge in [-0.1, -0.05) is 12.1 Å². The van der Waals surface area contributed by atoms with E-state index in [0.717, 1.165) is 27.5 Å². The molecule has 0 bridgehead atoms. The molecule has 21 heavy (non-hydrogen) atoms.